The highest BCUT2D eigenvalue weighted by Gasteiger charge is 2.51. The zero-order valence-electron chi connectivity index (χ0n) is 39.8. The Morgan fingerprint density at radius 2 is 0.712 bits per heavy atom. The lowest BCUT2D eigenvalue weighted by atomic mass is 9.70. The summed E-state index contributed by atoms with van der Waals surface area (Å²) in [5, 5.41) is 13.4. The molecule has 14 aromatic rings. The molecule has 2 aliphatic carbocycles. The second-order valence-electron chi connectivity index (χ2n) is 20.1. The monoisotopic (exact) mass is 921 g/mol. The molecule has 1 aromatic heterocycles. The first-order chi connectivity index (χ1) is 36.2. The zero-order valence-corrected chi connectivity index (χ0v) is 39.8. The van der Waals surface area contributed by atoms with Crippen molar-refractivity contribution >= 4 is 64.8 Å². The van der Waals surface area contributed by atoms with Gasteiger partial charge in [0.15, 0.2) is 0 Å². The van der Waals surface area contributed by atoms with Crippen LogP contribution in [0, 0.1) is 0 Å². The summed E-state index contributed by atoms with van der Waals surface area (Å²) in [5.74, 6) is 0. The lowest BCUT2D eigenvalue weighted by Crippen LogP contribution is -2.25. The van der Waals surface area contributed by atoms with Crippen LogP contribution in [0.2, 0.25) is 0 Å². The molecule has 13 aromatic carbocycles. The molecule has 2 aliphatic rings. The smallest absolute Gasteiger partial charge is 0.0788 e. The van der Waals surface area contributed by atoms with Gasteiger partial charge in [0.05, 0.1) is 16.6 Å². The van der Waals surface area contributed by atoms with Crippen LogP contribution in [-0.4, -0.2) is 4.98 Å². The summed E-state index contributed by atoms with van der Waals surface area (Å²) in [4.78, 5) is 5.62. The molecule has 1 heteroatoms. The van der Waals surface area contributed by atoms with Crippen LogP contribution in [0.15, 0.2) is 261 Å². The Bertz CT molecular complexity index is 4640. The van der Waals surface area contributed by atoms with E-state index in [0.29, 0.717) is 0 Å². The van der Waals surface area contributed by atoms with Crippen molar-refractivity contribution in [1.29, 1.82) is 0 Å². The van der Waals surface area contributed by atoms with E-state index in [-0.39, 0.29) is 0 Å². The van der Waals surface area contributed by atoms with Gasteiger partial charge in [0.1, 0.15) is 0 Å². The van der Waals surface area contributed by atoms with E-state index in [0.717, 1.165) is 38.7 Å². The maximum absolute atomic E-state index is 5.62. The summed E-state index contributed by atoms with van der Waals surface area (Å²) in [6.45, 7) is 0. The van der Waals surface area contributed by atoms with E-state index in [4.69, 9.17) is 4.98 Å². The third-order valence-corrected chi connectivity index (χ3v) is 16.4. The largest absolute Gasteiger partial charge is 0.247 e. The number of nitrogens with zero attached hydrogens (tertiary/aromatic N) is 1. The Labute approximate surface area is 422 Å². The van der Waals surface area contributed by atoms with E-state index in [1.54, 1.807) is 0 Å². The average Bonchev–Trinajstić information content (AvgIpc) is 3.93. The van der Waals surface area contributed by atoms with Gasteiger partial charge >= 0.3 is 0 Å². The summed E-state index contributed by atoms with van der Waals surface area (Å²) >= 11 is 0. The molecule has 73 heavy (non-hydrogen) atoms. The first-order valence-electron chi connectivity index (χ1n) is 25.4. The van der Waals surface area contributed by atoms with Gasteiger partial charge in [-0.15, -0.1) is 0 Å². The summed E-state index contributed by atoms with van der Waals surface area (Å²) in [6, 6.07) is 97.4. The van der Waals surface area contributed by atoms with Crippen molar-refractivity contribution in [2.24, 2.45) is 0 Å². The fourth-order valence-electron chi connectivity index (χ4n) is 13.3. The van der Waals surface area contributed by atoms with E-state index in [2.05, 4.69) is 261 Å². The molecule has 1 heterocycles. The number of hydrogen-bond acceptors (Lipinski definition) is 1. The van der Waals surface area contributed by atoms with E-state index in [1.807, 2.05) is 0 Å². The average molecular weight is 922 g/mol. The van der Waals surface area contributed by atoms with Gasteiger partial charge in [-0.05, 0) is 169 Å². The normalized spacial score (nSPS) is 13.0. The molecule has 1 nitrogen and oxygen atoms in total. The summed E-state index contributed by atoms with van der Waals surface area (Å²) < 4.78 is 0. The van der Waals surface area contributed by atoms with E-state index >= 15 is 0 Å². The molecule has 0 saturated heterocycles. The van der Waals surface area contributed by atoms with Crippen LogP contribution in [0.4, 0.5) is 0 Å². The van der Waals surface area contributed by atoms with Crippen LogP contribution in [0.3, 0.4) is 0 Å². The second-order valence-corrected chi connectivity index (χ2v) is 20.1. The standard InChI is InChI=1S/C72H43N/c1-3-18-46-38-50(34-32-44(46)16-1)69-57-26-5-6-27-58(57)70(51-35-33-45-17-2-4-19-47(45)39-51)62-41-49(36-37-59(62)69)48-20-15-21-52(40-48)71-63-43-67-61(42-60(63)56-25-10-14-31-68(56)73-71)55-24-9-13-30-66(55)72(67)64-28-11-7-22-53(64)54-23-8-12-29-65(54)72/h1-43H. The zero-order chi connectivity index (χ0) is 47.8. The molecule has 1 spiro atoms. The van der Waals surface area contributed by atoms with Gasteiger partial charge in [-0.1, -0.05) is 218 Å². The fourth-order valence-corrected chi connectivity index (χ4v) is 13.3. The van der Waals surface area contributed by atoms with Crippen LogP contribution in [0.1, 0.15) is 22.3 Å². The van der Waals surface area contributed by atoms with Crippen LogP contribution >= 0.6 is 0 Å². The van der Waals surface area contributed by atoms with Crippen LogP contribution in [0.25, 0.3) is 132 Å². The summed E-state index contributed by atoms with van der Waals surface area (Å²) in [6.07, 6.45) is 0. The molecule has 0 amide bonds. The predicted molar refractivity (Wildman–Crippen MR) is 307 cm³/mol. The third kappa shape index (κ3) is 5.71. The Hall–Kier alpha value is -9.43. The minimum atomic E-state index is -0.457. The number of hydrogen-bond donors (Lipinski definition) is 0. The Morgan fingerprint density at radius 1 is 0.233 bits per heavy atom. The topological polar surface area (TPSA) is 12.9 Å². The third-order valence-electron chi connectivity index (χ3n) is 16.4. The van der Waals surface area contributed by atoms with Gasteiger partial charge in [-0.3, -0.25) is 0 Å². The molecule has 0 bridgehead atoms. The predicted octanol–water partition coefficient (Wildman–Crippen LogP) is 19.0. The number of fused-ring (bicyclic) bond motifs is 17. The highest BCUT2D eigenvalue weighted by molar-refractivity contribution is 6.23. The molecule has 0 aliphatic heterocycles. The number of rotatable bonds is 4. The molecule has 0 unspecified atom stereocenters. The van der Waals surface area contributed by atoms with Crippen molar-refractivity contribution in [3.63, 3.8) is 0 Å². The summed E-state index contributed by atoms with van der Waals surface area (Å²) in [5.41, 5.74) is 20.4. The highest BCUT2D eigenvalue weighted by atomic mass is 14.7. The number of para-hydroxylation sites is 1. The minimum Gasteiger partial charge on any atom is -0.247 e. The van der Waals surface area contributed by atoms with Gasteiger partial charge in [0, 0.05) is 16.3 Å². The lowest BCUT2D eigenvalue weighted by molar-refractivity contribution is 0.795. The maximum Gasteiger partial charge on any atom is 0.0788 e. The first-order valence-corrected chi connectivity index (χ1v) is 25.4. The summed E-state index contributed by atoms with van der Waals surface area (Å²) in [7, 11) is 0. The number of aromatic nitrogens is 1. The maximum atomic E-state index is 5.62. The van der Waals surface area contributed by atoms with Crippen molar-refractivity contribution in [3.05, 3.63) is 283 Å². The van der Waals surface area contributed by atoms with Crippen LogP contribution in [0.5, 0.6) is 0 Å². The van der Waals surface area contributed by atoms with E-state index in [9.17, 15) is 0 Å². The van der Waals surface area contributed by atoms with Gasteiger partial charge in [0.25, 0.3) is 0 Å². The molecule has 0 radical (unpaired) electrons. The van der Waals surface area contributed by atoms with Gasteiger partial charge in [0.2, 0.25) is 0 Å². The van der Waals surface area contributed by atoms with Gasteiger partial charge in [-0.2, -0.15) is 0 Å². The molecule has 0 fully saturated rings. The molecule has 0 saturated carbocycles. The highest BCUT2D eigenvalue weighted by Crippen LogP contribution is 2.63. The SMILES string of the molecule is c1cc(-c2ccc3c(-c4ccc5ccccc5c4)c4ccccc4c(-c4ccc5ccccc5c4)c3c2)cc(-c2nc3ccccc3c3cc4c(cc23)C2(c3ccccc3-c3ccccc32)c2ccccc2-4)c1. The fraction of sp³-hybridized carbons (Fsp3) is 0.0139. The minimum absolute atomic E-state index is 0.457. The van der Waals surface area contributed by atoms with Crippen molar-refractivity contribution in [2.75, 3.05) is 0 Å². The van der Waals surface area contributed by atoms with Crippen LogP contribution in [-0.2, 0) is 5.41 Å². The molecule has 16 rings (SSSR count). The van der Waals surface area contributed by atoms with Crippen molar-refractivity contribution in [1.82, 2.24) is 4.98 Å². The molecular formula is C72H43N. The lowest BCUT2D eigenvalue weighted by Gasteiger charge is -2.30. The number of benzene rings is 13. The van der Waals surface area contributed by atoms with Gasteiger partial charge < -0.3 is 0 Å². The molecule has 336 valence electrons. The van der Waals surface area contributed by atoms with Crippen molar-refractivity contribution < 1.29 is 0 Å². The molecule has 0 N–H and O–H groups in total. The second kappa shape index (κ2) is 15.3. The van der Waals surface area contributed by atoms with E-state index in [1.165, 1.54) is 115 Å². The van der Waals surface area contributed by atoms with Crippen LogP contribution < -0.4 is 0 Å². The number of pyridine rings is 1. The van der Waals surface area contributed by atoms with Gasteiger partial charge in [-0.25, -0.2) is 4.98 Å². The Morgan fingerprint density at radius 3 is 1.36 bits per heavy atom. The van der Waals surface area contributed by atoms with Crippen molar-refractivity contribution in [3.8, 4) is 66.9 Å². The first kappa shape index (κ1) is 40.3. The Kier molecular flexibility index (Phi) is 8.44. The molecular weight excluding hydrogens is 879 g/mol. The molecule has 0 atom stereocenters. The van der Waals surface area contributed by atoms with Crippen molar-refractivity contribution in [2.45, 2.75) is 5.41 Å². The quantitative estimate of drug-likeness (QED) is 0.127. The van der Waals surface area contributed by atoms with E-state index < -0.39 is 5.41 Å². The Balaban J connectivity index is 0.939.